The summed E-state index contributed by atoms with van der Waals surface area (Å²) in [6.07, 6.45) is 3.34. The lowest BCUT2D eigenvalue weighted by molar-refractivity contribution is 0.564. The van der Waals surface area contributed by atoms with Crippen LogP contribution in [0.1, 0.15) is 0 Å². The van der Waals surface area contributed by atoms with Crippen LogP contribution >= 0.6 is 11.8 Å². The minimum atomic E-state index is 0.606. The Balaban J connectivity index is 1.49. The molecule has 0 fully saturated rings. The third kappa shape index (κ3) is 4.59. The van der Waals surface area contributed by atoms with Gasteiger partial charge in [-0.3, -0.25) is 0 Å². The fourth-order valence-corrected chi connectivity index (χ4v) is 6.11. The molecule has 0 bridgehead atoms. The standard InChI is InChI=1S/C34H20N2O2S/c37-21-35-31-19-17-25(23-9-1-3-11-27(23)31)29-13-5-7-15-33(29)39-34-16-8-6-14-30(34)26-18-20-32(36-22-38)28-12-4-2-10-24(26)28/h1-20H. The van der Waals surface area contributed by atoms with Gasteiger partial charge in [0.2, 0.25) is 12.2 Å². The lowest BCUT2D eigenvalue weighted by atomic mass is 9.97. The molecule has 0 spiro atoms. The molecule has 0 N–H and O–H groups in total. The van der Waals surface area contributed by atoms with Gasteiger partial charge in [0.05, 0.1) is 11.4 Å². The van der Waals surface area contributed by atoms with Gasteiger partial charge in [-0.15, -0.1) is 0 Å². The van der Waals surface area contributed by atoms with Gasteiger partial charge in [-0.2, -0.15) is 9.98 Å². The maximum absolute atomic E-state index is 11.0. The molecule has 6 aromatic rings. The smallest absolute Gasteiger partial charge is 0.211 e. The highest BCUT2D eigenvalue weighted by Gasteiger charge is 2.15. The van der Waals surface area contributed by atoms with Gasteiger partial charge in [-0.05, 0) is 57.3 Å². The molecule has 0 saturated heterocycles. The van der Waals surface area contributed by atoms with E-state index in [1.807, 2.05) is 84.9 Å². The summed E-state index contributed by atoms with van der Waals surface area (Å²) in [5.41, 5.74) is 5.53. The van der Waals surface area contributed by atoms with E-state index in [1.54, 1.807) is 23.9 Å². The summed E-state index contributed by atoms with van der Waals surface area (Å²) >= 11 is 1.70. The number of hydrogen-bond acceptors (Lipinski definition) is 5. The van der Waals surface area contributed by atoms with Crippen molar-refractivity contribution < 1.29 is 9.59 Å². The molecule has 5 heteroatoms. The molecule has 6 rings (SSSR count). The number of benzene rings is 6. The third-order valence-corrected chi connectivity index (χ3v) is 7.86. The molecule has 0 radical (unpaired) electrons. The van der Waals surface area contributed by atoms with Gasteiger partial charge in [0, 0.05) is 20.6 Å². The van der Waals surface area contributed by atoms with Gasteiger partial charge < -0.3 is 0 Å². The average molecular weight is 521 g/mol. The van der Waals surface area contributed by atoms with E-state index in [2.05, 4.69) is 46.4 Å². The first-order chi connectivity index (χ1) is 19.3. The number of aliphatic imine (C=N–C) groups is 2. The highest BCUT2D eigenvalue weighted by Crippen LogP contribution is 2.44. The van der Waals surface area contributed by atoms with Gasteiger partial charge in [0.15, 0.2) is 0 Å². The fraction of sp³-hybridized carbons (Fsp3) is 0. The van der Waals surface area contributed by atoms with Gasteiger partial charge >= 0.3 is 0 Å². The van der Waals surface area contributed by atoms with Crippen LogP contribution in [0.2, 0.25) is 0 Å². The summed E-state index contributed by atoms with van der Waals surface area (Å²) in [7, 11) is 0. The lowest BCUT2D eigenvalue weighted by Gasteiger charge is -2.16. The molecule has 0 amide bonds. The van der Waals surface area contributed by atoms with Gasteiger partial charge in [0.1, 0.15) is 0 Å². The van der Waals surface area contributed by atoms with E-state index < -0.39 is 0 Å². The van der Waals surface area contributed by atoms with Crippen molar-refractivity contribution in [2.24, 2.45) is 9.98 Å². The Morgan fingerprint density at radius 2 is 0.795 bits per heavy atom. The second-order valence-corrected chi connectivity index (χ2v) is 9.94. The summed E-state index contributed by atoms with van der Waals surface area (Å²) < 4.78 is 0. The molecule has 0 aliphatic heterocycles. The number of isocyanates is 2. The quantitative estimate of drug-likeness (QED) is 0.162. The number of fused-ring (bicyclic) bond motifs is 2. The molecule has 0 saturated carbocycles. The van der Waals surface area contributed by atoms with Crippen molar-refractivity contribution in [2.45, 2.75) is 9.79 Å². The van der Waals surface area contributed by atoms with Crippen LogP contribution in [0.3, 0.4) is 0 Å². The second kappa shape index (κ2) is 10.7. The molecular formula is C34H20N2O2S. The Bertz CT molecular complexity index is 1830. The molecule has 0 atom stereocenters. The van der Waals surface area contributed by atoms with E-state index >= 15 is 0 Å². The van der Waals surface area contributed by atoms with Crippen molar-refractivity contribution in [1.29, 1.82) is 0 Å². The summed E-state index contributed by atoms with van der Waals surface area (Å²) in [5, 5.41) is 3.85. The van der Waals surface area contributed by atoms with Crippen LogP contribution in [-0.2, 0) is 9.59 Å². The minimum Gasteiger partial charge on any atom is -0.211 e. The largest absolute Gasteiger partial charge is 0.240 e. The number of carbonyl (C=O) groups excluding carboxylic acids is 2. The molecule has 0 aromatic heterocycles. The Kier molecular flexibility index (Phi) is 6.69. The SMILES string of the molecule is O=C=Nc1ccc(-c2ccccc2Sc2ccccc2-c2ccc(N=C=O)c3ccccc23)c2ccccc12. The molecule has 0 aliphatic rings. The maximum Gasteiger partial charge on any atom is 0.240 e. The van der Waals surface area contributed by atoms with Crippen LogP contribution in [0.25, 0.3) is 43.8 Å². The predicted molar refractivity (Wildman–Crippen MR) is 158 cm³/mol. The first-order valence-electron chi connectivity index (χ1n) is 12.3. The van der Waals surface area contributed by atoms with Crippen molar-refractivity contribution >= 4 is 56.8 Å². The topological polar surface area (TPSA) is 58.9 Å². The Labute approximate surface area is 229 Å². The minimum absolute atomic E-state index is 0.606. The maximum atomic E-state index is 11.0. The van der Waals surface area contributed by atoms with E-state index in [0.29, 0.717) is 11.4 Å². The van der Waals surface area contributed by atoms with Gasteiger partial charge in [0.25, 0.3) is 0 Å². The highest BCUT2D eigenvalue weighted by atomic mass is 32.2. The Morgan fingerprint density at radius 3 is 1.23 bits per heavy atom. The van der Waals surface area contributed by atoms with Crippen LogP contribution in [0, 0.1) is 0 Å². The molecule has 0 aliphatic carbocycles. The van der Waals surface area contributed by atoms with Crippen molar-refractivity contribution in [1.82, 2.24) is 0 Å². The first-order valence-corrected chi connectivity index (χ1v) is 13.2. The molecule has 0 unspecified atom stereocenters. The van der Waals surface area contributed by atoms with Crippen molar-refractivity contribution in [3.8, 4) is 22.3 Å². The molecular weight excluding hydrogens is 500 g/mol. The molecule has 6 aromatic carbocycles. The van der Waals surface area contributed by atoms with Crippen molar-refractivity contribution in [3.05, 3.63) is 121 Å². The van der Waals surface area contributed by atoms with Crippen LogP contribution in [0.4, 0.5) is 11.4 Å². The fourth-order valence-electron chi connectivity index (χ4n) is 5.00. The van der Waals surface area contributed by atoms with Crippen LogP contribution in [0.15, 0.2) is 141 Å². The summed E-state index contributed by atoms with van der Waals surface area (Å²) in [6, 6.07) is 40.4. The highest BCUT2D eigenvalue weighted by molar-refractivity contribution is 7.99. The van der Waals surface area contributed by atoms with E-state index in [0.717, 1.165) is 53.6 Å². The van der Waals surface area contributed by atoms with Gasteiger partial charge in [-0.25, -0.2) is 9.59 Å². The number of nitrogens with zero attached hydrogens (tertiary/aromatic N) is 2. The Morgan fingerprint density at radius 1 is 0.410 bits per heavy atom. The molecule has 39 heavy (non-hydrogen) atoms. The molecule has 4 nitrogen and oxygen atoms in total. The monoisotopic (exact) mass is 520 g/mol. The average Bonchev–Trinajstić information content (AvgIpc) is 2.99. The zero-order valence-corrected chi connectivity index (χ0v) is 21.5. The van der Waals surface area contributed by atoms with Crippen LogP contribution in [0.5, 0.6) is 0 Å². The van der Waals surface area contributed by atoms with E-state index in [9.17, 15) is 9.59 Å². The summed E-state index contributed by atoms with van der Waals surface area (Å²) in [6.45, 7) is 0. The molecule has 0 heterocycles. The second-order valence-electron chi connectivity index (χ2n) is 8.86. The lowest BCUT2D eigenvalue weighted by Crippen LogP contribution is -1.88. The van der Waals surface area contributed by atoms with Crippen molar-refractivity contribution in [2.75, 3.05) is 0 Å². The van der Waals surface area contributed by atoms with E-state index in [4.69, 9.17) is 0 Å². The zero-order chi connectivity index (χ0) is 26.6. The first kappa shape index (κ1) is 24.3. The van der Waals surface area contributed by atoms with Gasteiger partial charge in [-0.1, -0.05) is 109 Å². The van der Waals surface area contributed by atoms with E-state index in [1.165, 1.54) is 0 Å². The van der Waals surface area contributed by atoms with E-state index in [-0.39, 0.29) is 0 Å². The Hall–Kier alpha value is -5.05. The predicted octanol–water partition coefficient (Wildman–Crippen LogP) is 9.41. The normalized spacial score (nSPS) is 10.7. The van der Waals surface area contributed by atoms with Crippen LogP contribution < -0.4 is 0 Å². The molecule has 184 valence electrons. The van der Waals surface area contributed by atoms with Crippen molar-refractivity contribution in [3.63, 3.8) is 0 Å². The third-order valence-electron chi connectivity index (χ3n) is 6.71. The zero-order valence-electron chi connectivity index (χ0n) is 20.7. The van der Waals surface area contributed by atoms with Crippen LogP contribution in [-0.4, -0.2) is 12.2 Å². The number of rotatable bonds is 6. The number of hydrogen-bond donors (Lipinski definition) is 0. The summed E-state index contributed by atoms with van der Waals surface area (Å²) in [4.78, 5) is 32.0. The summed E-state index contributed by atoms with van der Waals surface area (Å²) in [5.74, 6) is 0.